The summed E-state index contributed by atoms with van der Waals surface area (Å²) in [5.41, 5.74) is 1.82. The molecule has 1 aliphatic heterocycles. The molecule has 8 nitrogen and oxygen atoms in total. The average Bonchev–Trinajstić information content (AvgIpc) is 2.68. The molecule has 2 atom stereocenters. The highest BCUT2D eigenvalue weighted by Gasteiger charge is 2.39. The predicted octanol–water partition coefficient (Wildman–Crippen LogP) is 3.90. The number of non-ortho nitro benzene ring substituents is 1. The lowest BCUT2D eigenvalue weighted by Crippen LogP contribution is -2.37. The number of ether oxygens (including phenoxy) is 2. The van der Waals surface area contributed by atoms with Gasteiger partial charge in [0.25, 0.3) is 5.69 Å². The lowest BCUT2D eigenvalue weighted by Gasteiger charge is -2.29. The fourth-order valence-corrected chi connectivity index (χ4v) is 3.19. The molecular weight excluding hydrogens is 362 g/mol. The molecule has 0 aliphatic carbocycles. The first-order chi connectivity index (χ1) is 13.5. The molecule has 0 bridgehead atoms. The molecule has 2 rings (SSSR count). The number of carbonyl (C=O) groups is 1. The first-order valence-electron chi connectivity index (χ1n) is 9.59. The van der Waals surface area contributed by atoms with Crippen molar-refractivity contribution in [2.45, 2.75) is 46.0 Å². The standard InChI is InChI=1S/C20H27N3O5/c1-4-6-11-27-12-10-17-19(15-8-7-9-16(13-15)23(25)26)18(14(3)21-22-17)20(24)28-5-2/h7-9,13,18-19H,4-6,10-12H2,1-3H3. The fraction of sp³-hybridized carbons (Fsp3) is 0.550. The van der Waals surface area contributed by atoms with E-state index in [4.69, 9.17) is 9.47 Å². The SMILES string of the molecule is CCCCOCCC1=NN=C(C)C(C(=O)OCC)C1c1cccc([N+](=O)[O-])c1. The number of esters is 1. The van der Waals surface area contributed by atoms with Crippen molar-refractivity contribution in [2.75, 3.05) is 19.8 Å². The van der Waals surface area contributed by atoms with E-state index in [1.54, 1.807) is 26.0 Å². The first kappa shape index (κ1) is 21.7. The number of carbonyl (C=O) groups excluding carboxylic acids is 1. The van der Waals surface area contributed by atoms with Crippen LogP contribution in [0.15, 0.2) is 34.5 Å². The maximum Gasteiger partial charge on any atom is 0.315 e. The van der Waals surface area contributed by atoms with Crippen molar-refractivity contribution in [3.05, 3.63) is 39.9 Å². The van der Waals surface area contributed by atoms with Gasteiger partial charge in [0.15, 0.2) is 0 Å². The lowest BCUT2D eigenvalue weighted by molar-refractivity contribution is -0.384. The van der Waals surface area contributed by atoms with E-state index < -0.39 is 22.7 Å². The smallest absolute Gasteiger partial charge is 0.315 e. The Kier molecular flexibility index (Phi) is 8.25. The molecule has 0 saturated carbocycles. The predicted molar refractivity (Wildman–Crippen MR) is 107 cm³/mol. The van der Waals surface area contributed by atoms with Crippen LogP contribution in [0, 0.1) is 16.0 Å². The van der Waals surface area contributed by atoms with Gasteiger partial charge in [-0.2, -0.15) is 10.2 Å². The Labute approximate surface area is 164 Å². The van der Waals surface area contributed by atoms with Gasteiger partial charge in [-0.15, -0.1) is 0 Å². The lowest BCUT2D eigenvalue weighted by atomic mass is 9.78. The summed E-state index contributed by atoms with van der Waals surface area (Å²) in [6.45, 7) is 6.92. The highest BCUT2D eigenvalue weighted by atomic mass is 16.6. The molecule has 8 heteroatoms. The van der Waals surface area contributed by atoms with Crippen molar-refractivity contribution in [1.82, 2.24) is 0 Å². The van der Waals surface area contributed by atoms with E-state index in [9.17, 15) is 14.9 Å². The topological polar surface area (TPSA) is 103 Å². The van der Waals surface area contributed by atoms with E-state index in [0.717, 1.165) is 12.8 Å². The summed E-state index contributed by atoms with van der Waals surface area (Å²) in [4.78, 5) is 23.4. The molecular formula is C20H27N3O5. The van der Waals surface area contributed by atoms with Crippen molar-refractivity contribution in [1.29, 1.82) is 0 Å². The zero-order valence-corrected chi connectivity index (χ0v) is 16.6. The number of nitro groups is 1. The molecule has 28 heavy (non-hydrogen) atoms. The molecule has 0 fully saturated rings. The molecule has 1 heterocycles. The van der Waals surface area contributed by atoms with Crippen molar-refractivity contribution in [2.24, 2.45) is 16.1 Å². The third kappa shape index (κ3) is 5.45. The summed E-state index contributed by atoms with van der Waals surface area (Å²) in [5.74, 6) is -1.53. The number of nitrogens with zero attached hydrogens (tertiary/aromatic N) is 3. The van der Waals surface area contributed by atoms with Crippen molar-refractivity contribution in [3.63, 3.8) is 0 Å². The van der Waals surface area contributed by atoms with Gasteiger partial charge < -0.3 is 9.47 Å². The van der Waals surface area contributed by atoms with E-state index in [-0.39, 0.29) is 12.3 Å². The third-order valence-corrected chi connectivity index (χ3v) is 4.60. The minimum atomic E-state index is -0.662. The Bertz CT molecular complexity index is 760. The van der Waals surface area contributed by atoms with Gasteiger partial charge >= 0.3 is 5.97 Å². The number of benzene rings is 1. The summed E-state index contributed by atoms with van der Waals surface area (Å²) in [6.07, 6.45) is 2.51. The highest BCUT2D eigenvalue weighted by molar-refractivity contribution is 6.10. The van der Waals surface area contributed by atoms with E-state index in [2.05, 4.69) is 17.1 Å². The van der Waals surface area contributed by atoms with Crippen LogP contribution in [0.4, 0.5) is 5.69 Å². The largest absolute Gasteiger partial charge is 0.465 e. The molecule has 0 radical (unpaired) electrons. The van der Waals surface area contributed by atoms with E-state index in [0.29, 0.717) is 36.6 Å². The molecule has 1 aromatic rings. The van der Waals surface area contributed by atoms with Crippen LogP contribution in [-0.2, 0) is 14.3 Å². The molecule has 0 N–H and O–H groups in total. The normalized spacial score (nSPS) is 19.0. The van der Waals surface area contributed by atoms with Crippen LogP contribution >= 0.6 is 0 Å². The van der Waals surface area contributed by atoms with E-state index in [1.807, 2.05) is 0 Å². The summed E-state index contributed by atoms with van der Waals surface area (Å²) >= 11 is 0. The molecule has 1 aliphatic rings. The van der Waals surface area contributed by atoms with Crippen LogP contribution in [0.3, 0.4) is 0 Å². The summed E-state index contributed by atoms with van der Waals surface area (Å²) in [5, 5.41) is 19.7. The minimum absolute atomic E-state index is 0.0289. The van der Waals surface area contributed by atoms with Gasteiger partial charge in [0.1, 0.15) is 5.92 Å². The summed E-state index contributed by atoms with van der Waals surface area (Å²) in [6, 6.07) is 6.31. The van der Waals surface area contributed by atoms with Crippen LogP contribution < -0.4 is 0 Å². The van der Waals surface area contributed by atoms with Crippen LogP contribution in [0.2, 0.25) is 0 Å². The average molecular weight is 389 g/mol. The molecule has 1 aromatic carbocycles. The summed E-state index contributed by atoms with van der Waals surface area (Å²) < 4.78 is 10.9. The molecule has 0 saturated heterocycles. The van der Waals surface area contributed by atoms with Crippen molar-refractivity contribution >= 4 is 23.1 Å². The molecule has 152 valence electrons. The number of hydrogen-bond donors (Lipinski definition) is 0. The van der Waals surface area contributed by atoms with Crippen molar-refractivity contribution < 1.29 is 19.2 Å². The molecule has 0 aromatic heterocycles. The monoisotopic (exact) mass is 389 g/mol. The van der Waals surface area contributed by atoms with Crippen LogP contribution in [-0.4, -0.2) is 42.1 Å². The molecule has 0 amide bonds. The number of hydrogen-bond acceptors (Lipinski definition) is 7. The summed E-state index contributed by atoms with van der Waals surface area (Å²) in [7, 11) is 0. The van der Waals surface area contributed by atoms with Crippen LogP contribution in [0.1, 0.15) is 51.5 Å². The third-order valence-electron chi connectivity index (χ3n) is 4.60. The fourth-order valence-electron chi connectivity index (χ4n) is 3.19. The van der Waals surface area contributed by atoms with Gasteiger partial charge in [-0.3, -0.25) is 14.9 Å². The molecule has 0 spiro atoms. The maximum atomic E-state index is 12.6. The van der Waals surface area contributed by atoms with Gasteiger partial charge in [-0.05, 0) is 25.8 Å². The van der Waals surface area contributed by atoms with Crippen LogP contribution in [0.5, 0.6) is 0 Å². The van der Waals surface area contributed by atoms with Gasteiger partial charge in [0, 0.05) is 31.1 Å². The molecule has 2 unspecified atom stereocenters. The number of nitro benzene ring substituents is 1. The first-order valence-corrected chi connectivity index (χ1v) is 9.59. The second-order valence-electron chi connectivity index (χ2n) is 6.61. The van der Waals surface area contributed by atoms with Crippen molar-refractivity contribution in [3.8, 4) is 0 Å². The Morgan fingerprint density at radius 1 is 1.25 bits per heavy atom. The Morgan fingerprint density at radius 2 is 2.04 bits per heavy atom. The maximum absolute atomic E-state index is 12.6. The zero-order valence-electron chi connectivity index (χ0n) is 16.6. The Hall–Kier alpha value is -2.61. The Morgan fingerprint density at radius 3 is 2.71 bits per heavy atom. The number of rotatable bonds is 10. The van der Waals surface area contributed by atoms with E-state index >= 15 is 0 Å². The minimum Gasteiger partial charge on any atom is -0.465 e. The Balaban J connectivity index is 2.34. The zero-order chi connectivity index (χ0) is 20.5. The quantitative estimate of drug-likeness (QED) is 0.261. The van der Waals surface area contributed by atoms with Gasteiger partial charge in [0.2, 0.25) is 0 Å². The van der Waals surface area contributed by atoms with Gasteiger partial charge in [0.05, 0.1) is 29.6 Å². The second kappa shape index (κ2) is 10.7. The van der Waals surface area contributed by atoms with Gasteiger partial charge in [-0.25, -0.2) is 0 Å². The van der Waals surface area contributed by atoms with Gasteiger partial charge in [-0.1, -0.05) is 25.5 Å². The number of unbranched alkanes of at least 4 members (excludes halogenated alkanes) is 1. The second-order valence-corrected chi connectivity index (χ2v) is 6.61. The highest BCUT2D eigenvalue weighted by Crippen LogP contribution is 2.34. The van der Waals surface area contributed by atoms with E-state index in [1.165, 1.54) is 12.1 Å². The van der Waals surface area contributed by atoms with Crippen LogP contribution in [0.25, 0.3) is 0 Å².